The molecule has 0 spiro atoms. The number of ether oxygens (including phenoxy) is 4. The molecular weight excluding hydrogens is 544 g/mol. The predicted molar refractivity (Wildman–Crippen MR) is 134 cm³/mol. The smallest absolute Gasteiger partial charge is 0.433 e. The number of nitrogen functional groups attached to an aromatic ring is 1. The lowest BCUT2D eigenvalue weighted by atomic mass is 9.98. The van der Waals surface area contributed by atoms with E-state index in [0.717, 1.165) is 0 Å². The SMILES string of the molecule is CC(C)(C)C(=O)OCO[P+](=O)COC(Cn1cnc2c(N)ncnc21)OC[P+](=O)OCOC(=O)C(C)(C)C. The first kappa shape index (κ1) is 31.5. The third-order valence-corrected chi connectivity index (χ3v) is 6.01. The molecule has 2 aromatic heterocycles. The van der Waals surface area contributed by atoms with E-state index in [1.165, 1.54) is 12.7 Å². The second-order valence-corrected chi connectivity index (χ2v) is 12.2. The normalized spacial score (nSPS) is 13.7. The molecule has 2 atom stereocenters. The number of carbonyl (C=O) groups excluding carboxylic acids is 2. The highest BCUT2D eigenvalue weighted by Gasteiger charge is 2.30. The van der Waals surface area contributed by atoms with Gasteiger partial charge in [0.15, 0.2) is 17.8 Å². The Morgan fingerprint density at radius 2 is 1.39 bits per heavy atom. The fourth-order valence-electron chi connectivity index (χ4n) is 2.42. The van der Waals surface area contributed by atoms with Crippen molar-refractivity contribution in [1.29, 1.82) is 0 Å². The molecular formula is C21H33N5O10P2+2. The highest BCUT2D eigenvalue weighted by Crippen LogP contribution is 2.27. The van der Waals surface area contributed by atoms with Gasteiger partial charge in [0.1, 0.15) is 11.8 Å². The van der Waals surface area contributed by atoms with Gasteiger partial charge in [-0.1, -0.05) is 0 Å². The third-order valence-electron chi connectivity index (χ3n) is 4.51. The Bertz CT molecular complexity index is 1100. The van der Waals surface area contributed by atoms with Crippen LogP contribution in [0.4, 0.5) is 5.82 Å². The maximum Gasteiger partial charge on any atom is 0.540 e. The largest absolute Gasteiger partial charge is 0.540 e. The Morgan fingerprint density at radius 3 is 1.87 bits per heavy atom. The standard InChI is InChI=1S/C21H33N5O10P2/c1-20(2,3)18(27)31-10-35-37(29)12-33-14(7-26-9-25-15-16(22)23-8-24-17(15)26)34-13-38(30)36-11-32-19(28)21(4,5)6/h8-9,14H,7,10-13H2,1-6H3,(H2,22,23,24)/q+2. The number of nitrogens with zero attached hydrogens (tertiary/aromatic N) is 4. The molecule has 38 heavy (non-hydrogen) atoms. The first-order valence-electron chi connectivity index (χ1n) is 11.3. The average Bonchev–Trinajstić information content (AvgIpc) is 3.23. The summed E-state index contributed by atoms with van der Waals surface area (Å²) in [4.78, 5) is 35.7. The highest BCUT2D eigenvalue weighted by molar-refractivity contribution is 7.39. The van der Waals surface area contributed by atoms with Crippen LogP contribution in [0.15, 0.2) is 12.7 Å². The van der Waals surface area contributed by atoms with E-state index in [-0.39, 0.29) is 12.4 Å². The number of esters is 2. The molecule has 2 rings (SSSR count). The summed E-state index contributed by atoms with van der Waals surface area (Å²) < 4.78 is 57.0. The van der Waals surface area contributed by atoms with Crippen LogP contribution in [0.1, 0.15) is 41.5 Å². The van der Waals surface area contributed by atoms with E-state index in [1.807, 2.05) is 0 Å². The van der Waals surface area contributed by atoms with Gasteiger partial charge in [0.2, 0.25) is 13.6 Å². The highest BCUT2D eigenvalue weighted by atomic mass is 31.1. The van der Waals surface area contributed by atoms with Crippen LogP contribution in [0.5, 0.6) is 0 Å². The van der Waals surface area contributed by atoms with Gasteiger partial charge in [-0.25, -0.2) is 15.0 Å². The fraction of sp³-hybridized carbons (Fsp3) is 0.667. The van der Waals surface area contributed by atoms with Crippen LogP contribution in [0.25, 0.3) is 11.2 Å². The molecule has 0 radical (unpaired) electrons. The molecule has 17 heteroatoms. The molecule has 210 valence electrons. The van der Waals surface area contributed by atoms with Crippen LogP contribution >= 0.6 is 16.1 Å². The van der Waals surface area contributed by atoms with Gasteiger partial charge in [-0.05, 0) is 50.7 Å². The Hall–Kier alpha value is -2.67. The van der Waals surface area contributed by atoms with Gasteiger partial charge in [-0.2, -0.15) is 0 Å². The third kappa shape index (κ3) is 10.2. The molecule has 0 amide bonds. The number of anilines is 1. The number of aromatic nitrogens is 4. The van der Waals surface area contributed by atoms with Crippen molar-refractivity contribution in [3.8, 4) is 0 Å². The molecule has 15 nitrogen and oxygen atoms in total. The Balaban J connectivity index is 1.95. The van der Waals surface area contributed by atoms with Crippen molar-refractivity contribution in [3.05, 3.63) is 12.7 Å². The van der Waals surface area contributed by atoms with Gasteiger partial charge < -0.3 is 29.2 Å². The van der Waals surface area contributed by atoms with Crippen molar-refractivity contribution in [2.24, 2.45) is 10.8 Å². The van der Waals surface area contributed by atoms with Crippen molar-refractivity contribution < 1.29 is 46.7 Å². The number of hydrogen-bond donors (Lipinski definition) is 1. The van der Waals surface area contributed by atoms with Gasteiger partial charge >= 0.3 is 28.0 Å². The number of carbonyl (C=O) groups is 2. The molecule has 0 aromatic carbocycles. The molecule has 0 aliphatic carbocycles. The van der Waals surface area contributed by atoms with Gasteiger partial charge in [-0.15, -0.1) is 9.05 Å². The van der Waals surface area contributed by atoms with Crippen molar-refractivity contribution in [1.82, 2.24) is 19.5 Å². The van der Waals surface area contributed by atoms with Crippen LogP contribution in [0.2, 0.25) is 0 Å². The molecule has 0 aliphatic rings. The van der Waals surface area contributed by atoms with E-state index in [4.69, 9.17) is 33.7 Å². The maximum absolute atomic E-state index is 12.2. The zero-order valence-electron chi connectivity index (χ0n) is 22.1. The summed E-state index contributed by atoms with van der Waals surface area (Å²) in [6.45, 7) is 8.96. The lowest BCUT2D eigenvalue weighted by Gasteiger charge is -2.15. The zero-order chi connectivity index (χ0) is 28.5. The first-order valence-corrected chi connectivity index (χ1v) is 14.0. The van der Waals surface area contributed by atoms with Crippen LogP contribution in [0.3, 0.4) is 0 Å². The quantitative estimate of drug-likeness (QED) is 0.195. The fourth-order valence-corrected chi connectivity index (χ4v) is 3.48. The first-order chi connectivity index (χ1) is 17.7. The summed E-state index contributed by atoms with van der Waals surface area (Å²) >= 11 is 0. The molecule has 2 aromatic rings. The van der Waals surface area contributed by atoms with E-state index in [1.54, 1.807) is 46.1 Å². The van der Waals surface area contributed by atoms with E-state index in [9.17, 15) is 18.7 Å². The Kier molecular flexibility index (Phi) is 11.6. The van der Waals surface area contributed by atoms with E-state index in [2.05, 4.69) is 15.0 Å². The number of hydrogen-bond acceptors (Lipinski definition) is 14. The summed E-state index contributed by atoms with van der Waals surface area (Å²) in [6, 6.07) is 0. The van der Waals surface area contributed by atoms with Crippen LogP contribution in [0, 0.1) is 10.8 Å². The minimum Gasteiger partial charge on any atom is -0.433 e. The van der Waals surface area contributed by atoms with Crippen LogP contribution in [-0.2, 0) is 53.3 Å². The summed E-state index contributed by atoms with van der Waals surface area (Å²) in [6.07, 6.45) is 0.720. The van der Waals surface area contributed by atoms with Gasteiger partial charge in [0.25, 0.3) is 12.7 Å². The zero-order valence-corrected chi connectivity index (χ0v) is 23.9. The monoisotopic (exact) mass is 577 g/mol. The molecule has 0 saturated heterocycles. The van der Waals surface area contributed by atoms with Gasteiger partial charge in [0.05, 0.1) is 23.7 Å². The minimum absolute atomic E-state index is 0.0165. The molecule has 0 aliphatic heterocycles. The molecule has 0 saturated carbocycles. The summed E-state index contributed by atoms with van der Waals surface area (Å²) in [7, 11) is -4.80. The number of fused-ring (bicyclic) bond motifs is 1. The Labute approximate surface area is 221 Å². The lowest BCUT2D eigenvalue weighted by Crippen LogP contribution is -2.25. The average molecular weight is 577 g/mol. The predicted octanol–water partition coefficient (Wildman–Crippen LogP) is 3.29. The number of imidazole rings is 1. The van der Waals surface area contributed by atoms with E-state index >= 15 is 0 Å². The summed E-state index contributed by atoms with van der Waals surface area (Å²) in [5.41, 5.74) is 5.08. The maximum atomic E-state index is 12.2. The molecule has 0 bridgehead atoms. The van der Waals surface area contributed by atoms with Crippen molar-refractivity contribution in [3.63, 3.8) is 0 Å². The van der Waals surface area contributed by atoms with Gasteiger partial charge in [0, 0.05) is 0 Å². The molecule has 2 N–H and O–H groups in total. The second kappa shape index (κ2) is 13.9. The summed E-state index contributed by atoms with van der Waals surface area (Å²) in [5.74, 6) is -0.865. The minimum atomic E-state index is -2.40. The van der Waals surface area contributed by atoms with E-state index in [0.29, 0.717) is 11.2 Å². The molecule has 0 fully saturated rings. The second-order valence-electron chi connectivity index (χ2n) is 9.87. The van der Waals surface area contributed by atoms with Crippen LogP contribution < -0.4 is 5.73 Å². The van der Waals surface area contributed by atoms with Crippen molar-refractivity contribution >= 4 is 45.0 Å². The van der Waals surface area contributed by atoms with Gasteiger partial charge in [-0.3, -0.25) is 9.59 Å². The van der Waals surface area contributed by atoms with Crippen molar-refractivity contribution in [2.75, 3.05) is 32.0 Å². The summed E-state index contributed by atoms with van der Waals surface area (Å²) in [5, 5.41) is 0. The Morgan fingerprint density at radius 1 is 0.895 bits per heavy atom. The lowest BCUT2D eigenvalue weighted by molar-refractivity contribution is -0.160. The van der Waals surface area contributed by atoms with E-state index < -0.39 is 71.4 Å². The van der Waals surface area contributed by atoms with Crippen LogP contribution in [-0.4, -0.2) is 64.0 Å². The number of rotatable bonds is 14. The van der Waals surface area contributed by atoms with Crippen molar-refractivity contribution in [2.45, 2.75) is 54.4 Å². The number of nitrogens with two attached hydrogens (primary N) is 1. The molecule has 2 heterocycles. The topological polar surface area (TPSA) is 193 Å². The molecule has 2 unspecified atom stereocenters.